The second kappa shape index (κ2) is 4.90. The van der Waals surface area contributed by atoms with E-state index >= 15 is 0 Å². The van der Waals surface area contributed by atoms with Crippen LogP contribution in [-0.2, 0) is 31.4 Å². The lowest BCUT2D eigenvalue weighted by Gasteiger charge is -2.22. The summed E-state index contributed by atoms with van der Waals surface area (Å²) in [5.41, 5.74) is 1.93. The van der Waals surface area contributed by atoms with E-state index in [-0.39, 0.29) is 16.8 Å². The van der Waals surface area contributed by atoms with Crippen LogP contribution in [-0.4, -0.2) is 21.5 Å². The van der Waals surface area contributed by atoms with Gasteiger partial charge in [-0.25, -0.2) is 8.42 Å². The van der Waals surface area contributed by atoms with Gasteiger partial charge in [0.1, 0.15) is 0 Å². The molecule has 1 atom stereocenters. The zero-order valence-electron chi connectivity index (χ0n) is 9.85. The Morgan fingerprint density at radius 2 is 2.11 bits per heavy atom. The fourth-order valence-corrected chi connectivity index (χ4v) is 3.05. The first-order valence-corrected chi connectivity index (χ1v) is 7.87. The number of methoxy groups -OCH3 is 1. The number of ether oxygens (including phenoxy) is 1. The zero-order valence-corrected chi connectivity index (χ0v) is 11.4. The van der Waals surface area contributed by atoms with Gasteiger partial charge in [-0.05, 0) is 42.5 Å². The van der Waals surface area contributed by atoms with Crippen LogP contribution in [0, 0.1) is 5.92 Å². The summed E-state index contributed by atoms with van der Waals surface area (Å²) >= 11 is 0. The third-order valence-electron chi connectivity index (χ3n) is 3.22. The Morgan fingerprint density at radius 1 is 1.39 bits per heavy atom. The van der Waals surface area contributed by atoms with Gasteiger partial charge in [-0.2, -0.15) is 0 Å². The summed E-state index contributed by atoms with van der Waals surface area (Å²) in [6, 6.07) is 4.78. The summed E-state index contributed by atoms with van der Waals surface area (Å²) in [6.45, 7) is 0. The molecule has 4 nitrogen and oxygen atoms in total. The Bertz CT molecular complexity index is 580. The average Bonchev–Trinajstić information content (AvgIpc) is 2.35. The number of fused-ring (bicyclic) bond motifs is 1. The summed E-state index contributed by atoms with van der Waals surface area (Å²) in [7, 11) is 2.99. The molecule has 0 aromatic heterocycles. The van der Waals surface area contributed by atoms with Crippen molar-refractivity contribution in [3.8, 4) is 0 Å². The maximum Gasteiger partial charge on any atom is 0.309 e. The van der Waals surface area contributed by atoms with Gasteiger partial charge >= 0.3 is 5.97 Å². The molecule has 0 aliphatic heterocycles. The minimum absolute atomic E-state index is 0.111. The SMILES string of the molecule is COC(=O)C1CCc2cc(S(=O)(=O)Cl)ccc2C1. The molecule has 1 aliphatic carbocycles. The van der Waals surface area contributed by atoms with Gasteiger partial charge in [-0.3, -0.25) is 4.79 Å². The number of hydrogen-bond acceptors (Lipinski definition) is 4. The molecule has 0 spiro atoms. The number of halogens is 1. The quantitative estimate of drug-likeness (QED) is 0.616. The molecule has 6 heteroatoms. The smallest absolute Gasteiger partial charge is 0.309 e. The monoisotopic (exact) mass is 288 g/mol. The van der Waals surface area contributed by atoms with E-state index < -0.39 is 9.05 Å². The van der Waals surface area contributed by atoms with E-state index in [0.717, 1.165) is 11.1 Å². The van der Waals surface area contributed by atoms with Gasteiger partial charge < -0.3 is 4.74 Å². The second-order valence-corrected chi connectivity index (χ2v) is 6.90. The summed E-state index contributed by atoms with van der Waals surface area (Å²) in [5, 5.41) is 0. The first kappa shape index (κ1) is 13.4. The fraction of sp³-hybridized carbons (Fsp3) is 0.417. The minimum Gasteiger partial charge on any atom is -0.469 e. The molecule has 98 valence electrons. The van der Waals surface area contributed by atoms with Gasteiger partial charge in [0.05, 0.1) is 17.9 Å². The van der Waals surface area contributed by atoms with Gasteiger partial charge in [0.15, 0.2) is 0 Å². The van der Waals surface area contributed by atoms with Gasteiger partial charge in [-0.1, -0.05) is 6.07 Å². The molecule has 0 heterocycles. The van der Waals surface area contributed by atoms with Crippen LogP contribution in [0.15, 0.2) is 23.1 Å². The van der Waals surface area contributed by atoms with Gasteiger partial charge in [0.2, 0.25) is 0 Å². The topological polar surface area (TPSA) is 60.4 Å². The third-order valence-corrected chi connectivity index (χ3v) is 4.57. The van der Waals surface area contributed by atoms with Gasteiger partial charge in [0.25, 0.3) is 9.05 Å². The number of carbonyl (C=O) groups is 1. The lowest BCUT2D eigenvalue weighted by Crippen LogP contribution is -2.23. The third kappa shape index (κ3) is 2.67. The fourth-order valence-electron chi connectivity index (χ4n) is 2.25. The molecular formula is C12H13ClO4S. The first-order chi connectivity index (χ1) is 8.41. The molecule has 1 aromatic rings. The predicted octanol–water partition coefficient (Wildman–Crippen LogP) is 1.89. The van der Waals surface area contributed by atoms with Crippen LogP contribution in [0.3, 0.4) is 0 Å². The maximum atomic E-state index is 11.5. The van der Waals surface area contributed by atoms with Crippen LogP contribution in [0.1, 0.15) is 17.5 Å². The minimum atomic E-state index is -3.69. The van der Waals surface area contributed by atoms with Crippen LogP contribution in [0.5, 0.6) is 0 Å². The lowest BCUT2D eigenvalue weighted by atomic mass is 9.84. The molecule has 1 aromatic carbocycles. The van der Waals surface area contributed by atoms with Crippen LogP contribution in [0.4, 0.5) is 0 Å². The van der Waals surface area contributed by atoms with Crippen molar-refractivity contribution < 1.29 is 17.9 Å². The van der Waals surface area contributed by atoms with Crippen LogP contribution >= 0.6 is 10.7 Å². The van der Waals surface area contributed by atoms with E-state index in [1.807, 2.05) is 0 Å². The molecule has 0 radical (unpaired) electrons. The molecule has 0 amide bonds. The second-order valence-electron chi connectivity index (χ2n) is 4.33. The Morgan fingerprint density at radius 3 is 2.72 bits per heavy atom. The molecule has 2 rings (SSSR count). The largest absolute Gasteiger partial charge is 0.469 e. The van der Waals surface area contributed by atoms with Crippen molar-refractivity contribution in [3.05, 3.63) is 29.3 Å². The standard InChI is InChI=1S/C12H13ClO4S/c1-17-12(14)10-3-2-9-7-11(18(13,15)16)5-4-8(9)6-10/h4-5,7,10H,2-3,6H2,1H3. The van der Waals surface area contributed by atoms with E-state index in [2.05, 4.69) is 0 Å². The van der Waals surface area contributed by atoms with Crippen molar-refractivity contribution >= 4 is 25.7 Å². The number of aryl methyl sites for hydroxylation is 1. The Balaban J connectivity index is 2.29. The highest BCUT2D eigenvalue weighted by Gasteiger charge is 2.26. The molecule has 1 aliphatic rings. The molecule has 0 saturated heterocycles. The van der Waals surface area contributed by atoms with E-state index in [1.54, 1.807) is 12.1 Å². The molecule has 18 heavy (non-hydrogen) atoms. The van der Waals surface area contributed by atoms with Crippen molar-refractivity contribution in [3.63, 3.8) is 0 Å². The zero-order chi connectivity index (χ0) is 13.3. The van der Waals surface area contributed by atoms with Crippen molar-refractivity contribution in [1.29, 1.82) is 0 Å². The predicted molar refractivity (Wildman–Crippen MR) is 67.0 cm³/mol. The van der Waals surface area contributed by atoms with E-state index in [4.69, 9.17) is 15.4 Å². The van der Waals surface area contributed by atoms with Crippen molar-refractivity contribution in [2.75, 3.05) is 7.11 Å². The van der Waals surface area contributed by atoms with Crippen LogP contribution in [0.2, 0.25) is 0 Å². The van der Waals surface area contributed by atoms with Gasteiger partial charge in [0, 0.05) is 10.7 Å². The number of benzene rings is 1. The highest BCUT2D eigenvalue weighted by atomic mass is 35.7. The number of rotatable bonds is 2. The van der Waals surface area contributed by atoms with Crippen molar-refractivity contribution in [1.82, 2.24) is 0 Å². The Labute approximate surface area is 110 Å². The number of hydrogen-bond donors (Lipinski definition) is 0. The first-order valence-electron chi connectivity index (χ1n) is 5.56. The van der Waals surface area contributed by atoms with E-state index in [0.29, 0.717) is 19.3 Å². The normalized spacial score (nSPS) is 19.1. The van der Waals surface area contributed by atoms with Crippen molar-refractivity contribution in [2.24, 2.45) is 5.92 Å². The van der Waals surface area contributed by atoms with Gasteiger partial charge in [-0.15, -0.1) is 0 Å². The highest BCUT2D eigenvalue weighted by molar-refractivity contribution is 8.13. The summed E-state index contributed by atoms with van der Waals surface area (Å²) in [5.74, 6) is -0.351. The maximum absolute atomic E-state index is 11.5. The number of carbonyl (C=O) groups excluding carboxylic acids is 1. The van der Waals surface area contributed by atoms with Crippen molar-refractivity contribution in [2.45, 2.75) is 24.2 Å². The van der Waals surface area contributed by atoms with Crippen LogP contribution < -0.4 is 0 Å². The summed E-state index contributed by atoms with van der Waals surface area (Å²) in [4.78, 5) is 11.6. The molecule has 0 N–H and O–H groups in total. The van der Waals surface area contributed by atoms with E-state index in [9.17, 15) is 13.2 Å². The average molecular weight is 289 g/mol. The molecule has 0 saturated carbocycles. The van der Waals surface area contributed by atoms with E-state index in [1.165, 1.54) is 13.2 Å². The molecule has 0 bridgehead atoms. The molecular weight excluding hydrogens is 276 g/mol. The molecule has 1 unspecified atom stereocenters. The van der Waals surface area contributed by atoms with Crippen LogP contribution in [0.25, 0.3) is 0 Å². The Kier molecular flexibility index (Phi) is 3.64. The summed E-state index contributed by atoms with van der Waals surface area (Å²) < 4.78 is 27.2. The molecule has 0 fully saturated rings. The highest BCUT2D eigenvalue weighted by Crippen LogP contribution is 2.29. The lowest BCUT2D eigenvalue weighted by molar-refractivity contribution is -0.145. The Hall–Kier alpha value is -1.07. The number of esters is 1. The summed E-state index contributed by atoms with van der Waals surface area (Å²) in [6.07, 6.45) is 1.92.